The van der Waals surface area contributed by atoms with Gasteiger partial charge in [-0.2, -0.15) is 22.9 Å². The smallest absolute Gasteiger partial charge is 0.165 e. The highest BCUT2D eigenvalue weighted by molar-refractivity contribution is 7.37. The van der Waals surface area contributed by atoms with Crippen LogP contribution in [0.2, 0.25) is 0 Å². The van der Waals surface area contributed by atoms with Crippen molar-refractivity contribution in [3.05, 3.63) is 40.9 Å². The van der Waals surface area contributed by atoms with Gasteiger partial charge in [0.2, 0.25) is 0 Å². The lowest BCUT2D eigenvalue weighted by Gasteiger charge is -1.97. The first-order chi connectivity index (χ1) is 5.77. The van der Waals surface area contributed by atoms with Crippen LogP contribution in [0, 0.1) is 0 Å². The molecule has 0 saturated heterocycles. The van der Waals surface area contributed by atoms with Gasteiger partial charge < -0.3 is 0 Å². The van der Waals surface area contributed by atoms with Crippen LogP contribution in [-0.2, 0) is 6.42 Å². The minimum absolute atomic E-state index is 0.364. The molecule has 2 rings (SSSR count). The topological polar surface area (TPSA) is 0 Å². The van der Waals surface area contributed by atoms with E-state index in [1.54, 1.807) is 0 Å². The molecule has 0 heterocycles. The van der Waals surface area contributed by atoms with E-state index in [4.69, 9.17) is 22.9 Å². The minimum atomic E-state index is -0.364. The second-order valence-corrected chi connectivity index (χ2v) is 3.99. The van der Waals surface area contributed by atoms with Gasteiger partial charge in [-0.3, -0.25) is 0 Å². The molecule has 0 spiro atoms. The van der Waals surface area contributed by atoms with Crippen molar-refractivity contribution < 1.29 is 0 Å². The zero-order valence-corrected chi connectivity index (χ0v) is 7.94. The third kappa shape index (κ3) is 1.39. The van der Waals surface area contributed by atoms with E-state index in [1.807, 2.05) is 12.1 Å². The lowest BCUT2D eigenvalue weighted by atomic mass is 9.91. The Morgan fingerprint density at radius 2 is 1.92 bits per heavy atom. The Labute approximate surface area is 82.1 Å². The van der Waals surface area contributed by atoms with Crippen LogP contribution >= 0.6 is 22.9 Å². The summed E-state index contributed by atoms with van der Waals surface area (Å²) in [6, 6.07) is 8.25. The van der Waals surface area contributed by atoms with Gasteiger partial charge in [-0.1, -0.05) is 35.8 Å². The van der Waals surface area contributed by atoms with Crippen LogP contribution in [0.3, 0.4) is 0 Å². The molecular weight excluding hydrogens is 190 g/mol. The van der Waals surface area contributed by atoms with Gasteiger partial charge in [0.05, 0.1) is 0 Å². The van der Waals surface area contributed by atoms with E-state index in [0.717, 1.165) is 11.9 Å². The average molecular weight is 197 g/mol. The molecule has 0 amide bonds. The van der Waals surface area contributed by atoms with E-state index >= 15 is 0 Å². The number of halogens is 2. The summed E-state index contributed by atoms with van der Waals surface area (Å²) in [4.78, 5) is 0. The fourth-order valence-corrected chi connectivity index (χ4v) is 1.73. The van der Waals surface area contributed by atoms with E-state index in [2.05, 4.69) is 18.2 Å². The average Bonchev–Trinajstić information content (AvgIpc) is 2.46. The number of hydrogen-bond donors (Lipinski definition) is 0. The van der Waals surface area contributed by atoms with E-state index in [-0.39, 0.29) is 5.54 Å². The van der Waals surface area contributed by atoms with Gasteiger partial charge in [0.15, 0.2) is 0 Å². The van der Waals surface area contributed by atoms with Gasteiger partial charge in [-0.15, -0.1) is 0 Å². The van der Waals surface area contributed by atoms with Gasteiger partial charge in [0.1, 0.15) is 0 Å². The highest BCUT2D eigenvalue weighted by atomic mass is 35.5. The predicted octanol–water partition coefficient (Wildman–Crippen LogP) is 3.13. The Morgan fingerprint density at radius 3 is 2.58 bits per heavy atom. The summed E-state index contributed by atoms with van der Waals surface area (Å²) in [6.45, 7) is 0. The highest BCUT2D eigenvalue weighted by Gasteiger charge is 2.19. The maximum absolute atomic E-state index is 5.77. The van der Waals surface area contributed by atoms with Gasteiger partial charge in [0, 0.05) is 0 Å². The molecule has 0 unspecified atom stereocenters. The molecular formula is C9H7BCl2. The van der Waals surface area contributed by atoms with Crippen LogP contribution in [0.4, 0.5) is 0 Å². The van der Waals surface area contributed by atoms with Crippen LogP contribution in [0.5, 0.6) is 0 Å². The molecule has 0 radical (unpaired) electrons. The molecule has 0 saturated carbocycles. The molecule has 12 heavy (non-hydrogen) atoms. The fraction of sp³-hybridized carbons (Fsp3) is 0.111. The van der Waals surface area contributed by atoms with E-state index in [9.17, 15) is 0 Å². The van der Waals surface area contributed by atoms with Crippen molar-refractivity contribution >= 4 is 34.5 Å². The van der Waals surface area contributed by atoms with Crippen LogP contribution in [-0.4, -0.2) is 5.54 Å². The number of benzene rings is 1. The van der Waals surface area contributed by atoms with E-state index < -0.39 is 0 Å². The second kappa shape index (κ2) is 3.16. The lowest BCUT2D eigenvalue weighted by molar-refractivity contribution is 1.28. The Morgan fingerprint density at radius 1 is 1.17 bits per heavy atom. The zero-order chi connectivity index (χ0) is 8.55. The van der Waals surface area contributed by atoms with Crippen molar-refractivity contribution in [3.63, 3.8) is 0 Å². The Kier molecular flexibility index (Phi) is 2.16. The summed E-state index contributed by atoms with van der Waals surface area (Å²) in [5.74, 6) is 0. The van der Waals surface area contributed by atoms with Crippen LogP contribution in [0.15, 0.2) is 29.7 Å². The molecule has 0 atom stereocenters. The van der Waals surface area contributed by atoms with Crippen molar-refractivity contribution in [2.75, 3.05) is 0 Å². The summed E-state index contributed by atoms with van der Waals surface area (Å²) in [5, 5.41) is 0. The monoisotopic (exact) mass is 196 g/mol. The summed E-state index contributed by atoms with van der Waals surface area (Å²) in [7, 11) is 0. The largest absolute Gasteiger partial charge is 0.379 e. The number of allylic oxidation sites excluding steroid dienone is 1. The lowest BCUT2D eigenvalue weighted by Crippen LogP contribution is -1.98. The van der Waals surface area contributed by atoms with Gasteiger partial charge >= 0.3 is 5.54 Å². The molecule has 0 aromatic heterocycles. The van der Waals surface area contributed by atoms with Gasteiger partial charge in [0.25, 0.3) is 0 Å². The van der Waals surface area contributed by atoms with Crippen molar-refractivity contribution in [1.29, 1.82) is 0 Å². The Bertz CT molecular complexity index is 331. The summed E-state index contributed by atoms with van der Waals surface area (Å²) in [5.41, 5.74) is 3.30. The maximum Gasteiger partial charge on any atom is 0.379 e. The van der Waals surface area contributed by atoms with E-state index in [1.165, 1.54) is 11.1 Å². The van der Waals surface area contributed by atoms with E-state index in [0.29, 0.717) is 0 Å². The molecule has 60 valence electrons. The third-order valence-electron chi connectivity index (χ3n) is 2.07. The van der Waals surface area contributed by atoms with Crippen molar-refractivity contribution in [2.45, 2.75) is 6.42 Å². The van der Waals surface area contributed by atoms with Gasteiger partial charge in [-0.25, -0.2) is 0 Å². The van der Waals surface area contributed by atoms with Crippen LogP contribution in [0.1, 0.15) is 11.1 Å². The molecule has 0 bridgehead atoms. The Balaban J connectivity index is 2.35. The zero-order valence-electron chi connectivity index (χ0n) is 6.43. The molecule has 0 N–H and O–H groups in total. The first kappa shape index (κ1) is 8.21. The first-order valence-electron chi connectivity index (χ1n) is 3.84. The van der Waals surface area contributed by atoms with Crippen molar-refractivity contribution in [3.8, 4) is 0 Å². The normalized spacial score (nSPS) is 14.0. The van der Waals surface area contributed by atoms with Crippen molar-refractivity contribution in [1.82, 2.24) is 0 Å². The molecule has 0 nitrogen and oxygen atoms in total. The molecule has 1 aromatic rings. The molecule has 1 aliphatic rings. The van der Waals surface area contributed by atoms with Crippen LogP contribution in [0.25, 0.3) is 6.08 Å². The maximum atomic E-state index is 5.77. The number of hydrogen-bond acceptors (Lipinski definition) is 0. The quantitative estimate of drug-likeness (QED) is 0.606. The standard InChI is InChI=1S/C9H7BCl2/c11-10(12)9-5-7-3-1-2-4-8(7)6-9/h1-5H,6H2. The highest BCUT2D eigenvalue weighted by Crippen LogP contribution is 2.28. The number of rotatable bonds is 1. The fourth-order valence-electron chi connectivity index (χ4n) is 1.45. The van der Waals surface area contributed by atoms with Crippen molar-refractivity contribution in [2.24, 2.45) is 0 Å². The molecule has 0 aliphatic heterocycles. The summed E-state index contributed by atoms with van der Waals surface area (Å²) >= 11 is 11.5. The number of fused-ring (bicyclic) bond motifs is 1. The third-order valence-corrected chi connectivity index (χ3v) is 2.63. The second-order valence-electron chi connectivity index (χ2n) is 2.90. The Hall–Kier alpha value is -0.395. The first-order valence-corrected chi connectivity index (χ1v) is 4.71. The van der Waals surface area contributed by atoms with Crippen LogP contribution < -0.4 is 0 Å². The molecule has 1 aromatic carbocycles. The summed E-state index contributed by atoms with van der Waals surface area (Å²) in [6.07, 6.45) is 2.97. The molecule has 3 heteroatoms. The summed E-state index contributed by atoms with van der Waals surface area (Å²) < 4.78 is 0. The molecule has 1 aliphatic carbocycles. The molecule has 0 fully saturated rings. The SMILES string of the molecule is ClB(Cl)C1=Cc2ccccc2C1. The van der Waals surface area contributed by atoms with Gasteiger partial charge in [-0.05, 0) is 17.5 Å². The minimum Gasteiger partial charge on any atom is -0.165 e. The predicted molar refractivity (Wildman–Crippen MR) is 55.6 cm³/mol.